The second-order valence-corrected chi connectivity index (χ2v) is 7.15. The van der Waals surface area contributed by atoms with Crippen molar-refractivity contribution < 1.29 is 67.1 Å². The van der Waals surface area contributed by atoms with Crippen molar-refractivity contribution in [2.24, 2.45) is 0 Å². The third-order valence-electron chi connectivity index (χ3n) is 4.18. The van der Waals surface area contributed by atoms with Crippen molar-refractivity contribution in [3.05, 3.63) is 0 Å². The summed E-state index contributed by atoms with van der Waals surface area (Å²) in [5.41, 5.74) is 0. The maximum Gasteiger partial charge on any atom is 0.397 e. The quantitative estimate of drug-likeness (QED) is 0.186. The first kappa shape index (κ1) is 22.8. The SMILES string of the molecule is O=S(=O)(O)OC[C@H]1O[C@@H](O[C@H]2[C@H](O)[C@@H](O)[C@H](O)O[C@@H]2CO)[C@H](O)[C@@H](O)[C@H]1O. The van der Waals surface area contributed by atoms with E-state index in [2.05, 4.69) is 4.18 Å². The first-order chi connectivity index (χ1) is 12.5. The molecule has 0 aliphatic carbocycles. The zero-order chi connectivity index (χ0) is 20.5. The molecule has 8 N–H and O–H groups in total. The summed E-state index contributed by atoms with van der Waals surface area (Å²) in [4.78, 5) is 0. The van der Waals surface area contributed by atoms with E-state index in [4.69, 9.17) is 18.8 Å². The number of aliphatic hydroxyl groups excluding tert-OH is 7. The van der Waals surface area contributed by atoms with E-state index in [1.807, 2.05) is 0 Å². The standard InChI is InChI=1S/C12H22O14S/c13-1-3-10(7(16)8(17)11(19)24-3)26-12-9(18)6(15)5(14)4(25-12)2-23-27(20,21)22/h3-19H,1-2H2,(H,20,21,22)/t3-,4-,5+,6+,7-,8-,9-,10-,11-,12+/m1/s1. The minimum absolute atomic E-state index is 0.769. The first-order valence-electron chi connectivity index (χ1n) is 7.73. The predicted molar refractivity (Wildman–Crippen MR) is 79.0 cm³/mol. The maximum absolute atomic E-state index is 10.6. The van der Waals surface area contributed by atoms with E-state index in [-0.39, 0.29) is 0 Å². The van der Waals surface area contributed by atoms with Gasteiger partial charge in [-0.05, 0) is 0 Å². The van der Waals surface area contributed by atoms with E-state index in [1.165, 1.54) is 0 Å². The van der Waals surface area contributed by atoms with Gasteiger partial charge in [0.15, 0.2) is 12.6 Å². The van der Waals surface area contributed by atoms with Gasteiger partial charge >= 0.3 is 10.4 Å². The second-order valence-electron chi connectivity index (χ2n) is 6.06. The lowest BCUT2D eigenvalue weighted by Crippen LogP contribution is -2.64. The largest absolute Gasteiger partial charge is 0.397 e. The molecule has 2 fully saturated rings. The van der Waals surface area contributed by atoms with Gasteiger partial charge in [0.25, 0.3) is 0 Å². The summed E-state index contributed by atoms with van der Waals surface area (Å²) >= 11 is 0. The van der Waals surface area contributed by atoms with Crippen LogP contribution < -0.4 is 0 Å². The Kier molecular flexibility index (Phi) is 7.47. The third kappa shape index (κ3) is 5.30. The molecule has 0 aromatic heterocycles. The molecule has 2 saturated heterocycles. The molecule has 10 atom stereocenters. The minimum atomic E-state index is -4.89. The van der Waals surface area contributed by atoms with Crippen molar-refractivity contribution >= 4 is 10.4 Å². The average Bonchev–Trinajstić information content (AvgIpc) is 2.60. The Labute approximate surface area is 153 Å². The van der Waals surface area contributed by atoms with Gasteiger partial charge in [0, 0.05) is 0 Å². The zero-order valence-electron chi connectivity index (χ0n) is 13.6. The Bertz CT molecular complexity index is 583. The molecule has 160 valence electrons. The lowest BCUT2D eigenvalue weighted by Gasteiger charge is -2.45. The molecule has 0 aromatic rings. The van der Waals surface area contributed by atoms with E-state index in [0.717, 1.165) is 0 Å². The Balaban J connectivity index is 2.12. The summed E-state index contributed by atoms with van der Waals surface area (Å²) < 4.78 is 49.1. The van der Waals surface area contributed by atoms with Gasteiger partial charge in [0.2, 0.25) is 0 Å². The zero-order valence-corrected chi connectivity index (χ0v) is 14.4. The average molecular weight is 422 g/mol. The molecule has 2 aliphatic heterocycles. The fraction of sp³-hybridized carbons (Fsp3) is 1.00. The van der Waals surface area contributed by atoms with Gasteiger partial charge < -0.3 is 50.0 Å². The van der Waals surface area contributed by atoms with E-state index in [0.29, 0.717) is 0 Å². The molecule has 27 heavy (non-hydrogen) atoms. The highest BCUT2D eigenvalue weighted by Crippen LogP contribution is 2.28. The summed E-state index contributed by atoms with van der Waals surface area (Å²) in [7, 11) is -4.89. The number of hydrogen-bond donors (Lipinski definition) is 8. The first-order valence-corrected chi connectivity index (χ1v) is 9.10. The summed E-state index contributed by atoms with van der Waals surface area (Å²) in [6.07, 6.45) is -17.3. The normalized spacial score (nSPS) is 46.4. The van der Waals surface area contributed by atoms with Gasteiger partial charge in [0.05, 0.1) is 13.2 Å². The monoisotopic (exact) mass is 422 g/mol. The summed E-state index contributed by atoms with van der Waals surface area (Å²) in [5, 5.41) is 68.1. The van der Waals surface area contributed by atoms with E-state index < -0.39 is 85.0 Å². The fourth-order valence-electron chi connectivity index (χ4n) is 2.71. The predicted octanol–water partition coefficient (Wildman–Crippen LogP) is -5.57. The number of ether oxygens (including phenoxy) is 3. The van der Waals surface area contributed by atoms with E-state index >= 15 is 0 Å². The summed E-state index contributed by atoms with van der Waals surface area (Å²) in [6, 6.07) is 0. The van der Waals surface area contributed by atoms with Crippen LogP contribution in [0.1, 0.15) is 0 Å². The number of hydrogen-bond acceptors (Lipinski definition) is 13. The van der Waals surface area contributed by atoms with Crippen LogP contribution >= 0.6 is 0 Å². The molecule has 15 heteroatoms. The van der Waals surface area contributed by atoms with Gasteiger partial charge in [-0.3, -0.25) is 4.55 Å². The summed E-state index contributed by atoms with van der Waals surface area (Å²) in [5.74, 6) is 0. The molecule has 0 amide bonds. The topological polar surface area (TPSA) is 233 Å². The Morgan fingerprint density at radius 3 is 2.00 bits per heavy atom. The van der Waals surface area contributed by atoms with Crippen molar-refractivity contribution in [3.63, 3.8) is 0 Å². The molecule has 0 aromatic carbocycles. The molecule has 2 aliphatic rings. The Morgan fingerprint density at radius 1 is 0.815 bits per heavy atom. The van der Waals surface area contributed by atoms with Gasteiger partial charge in [-0.1, -0.05) is 0 Å². The van der Waals surface area contributed by atoms with Gasteiger partial charge in [0.1, 0.15) is 48.8 Å². The highest BCUT2D eigenvalue weighted by molar-refractivity contribution is 7.80. The molecule has 2 rings (SSSR count). The molecular weight excluding hydrogens is 400 g/mol. The molecule has 14 nitrogen and oxygen atoms in total. The highest BCUT2D eigenvalue weighted by Gasteiger charge is 2.50. The van der Waals surface area contributed by atoms with Gasteiger partial charge in [-0.25, -0.2) is 4.18 Å². The summed E-state index contributed by atoms with van der Waals surface area (Å²) in [6.45, 7) is -1.72. The Morgan fingerprint density at radius 2 is 1.44 bits per heavy atom. The van der Waals surface area contributed by atoms with Crippen LogP contribution in [0.4, 0.5) is 0 Å². The molecule has 2 heterocycles. The van der Waals surface area contributed by atoms with Crippen molar-refractivity contribution in [1.82, 2.24) is 0 Å². The Hall–Kier alpha value is -0.530. The maximum atomic E-state index is 10.6. The van der Waals surface area contributed by atoms with Crippen molar-refractivity contribution in [3.8, 4) is 0 Å². The van der Waals surface area contributed by atoms with E-state index in [9.17, 15) is 44.2 Å². The van der Waals surface area contributed by atoms with Crippen LogP contribution in [0.3, 0.4) is 0 Å². The van der Waals surface area contributed by atoms with Gasteiger partial charge in [-0.2, -0.15) is 8.42 Å². The molecule has 0 radical (unpaired) electrons. The van der Waals surface area contributed by atoms with Crippen molar-refractivity contribution in [1.29, 1.82) is 0 Å². The molecular formula is C12H22O14S. The van der Waals surface area contributed by atoms with Crippen LogP contribution in [-0.4, -0.2) is 123 Å². The second kappa shape index (κ2) is 8.87. The van der Waals surface area contributed by atoms with Crippen LogP contribution in [-0.2, 0) is 28.8 Å². The van der Waals surface area contributed by atoms with Crippen LogP contribution in [0.25, 0.3) is 0 Å². The van der Waals surface area contributed by atoms with Crippen LogP contribution in [0, 0.1) is 0 Å². The molecule has 0 unspecified atom stereocenters. The fourth-order valence-corrected chi connectivity index (χ4v) is 3.02. The lowest BCUT2D eigenvalue weighted by atomic mass is 9.97. The van der Waals surface area contributed by atoms with Crippen molar-refractivity contribution in [2.45, 2.75) is 61.4 Å². The minimum Gasteiger partial charge on any atom is -0.394 e. The number of aliphatic hydroxyl groups is 7. The lowest BCUT2D eigenvalue weighted by molar-refractivity contribution is -0.354. The molecule has 0 bridgehead atoms. The van der Waals surface area contributed by atoms with Gasteiger partial charge in [-0.15, -0.1) is 0 Å². The van der Waals surface area contributed by atoms with Crippen molar-refractivity contribution in [2.75, 3.05) is 13.2 Å². The van der Waals surface area contributed by atoms with Crippen LogP contribution in [0.15, 0.2) is 0 Å². The number of rotatable bonds is 6. The van der Waals surface area contributed by atoms with E-state index in [1.54, 1.807) is 0 Å². The van der Waals surface area contributed by atoms with Crippen LogP contribution in [0.2, 0.25) is 0 Å². The third-order valence-corrected chi connectivity index (χ3v) is 4.61. The smallest absolute Gasteiger partial charge is 0.394 e. The highest BCUT2D eigenvalue weighted by atomic mass is 32.3. The molecule has 0 spiro atoms. The molecule has 0 saturated carbocycles. The van der Waals surface area contributed by atoms with Crippen LogP contribution in [0.5, 0.6) is 0 Å².